The van der Waals surface area contributed by atoms with Crippen LogP contribution in [0.3, 0.4) is 0 Å². The molecule has 0 fully saturated rings. The summed E-state index contributed by atoms with van der Waals surface area (Å²) in [5.41, 5.74) is 14.5. The summed E-state index contributed by atoms with van der Waals surface area (Å²) in [4.78, 5) is 77.0. The molecule has 1 atom stereocenters. The van der Waals surface area contributed by atoms with Gasteiger partial charge >= 0.3 is 12.1 Å². The number of primary amides is 1. The zero-order chi connectivity index (χ0) is 43.0. The Morgan fingerprint density at radius 1 is 1.02 bits per heavy atom. The van der Waals surface area contributed by atoms with E-state index in [0.717, 1.165) is 5.69 Å². The highest BCUT2D eigenvalue weighted by atomic mass is 16.5. The molecule has 5 rings (SSSR count). The van der Waals surface area contributed by atoms with Gasteiger partial charge < -0.3 is 57.2 Å². The van der Waals surface area contributed by atoms with Gasteiger partial charge in [0.15, 0.2) is 11.5 Å². The smallest absolute Gasteiger partial charge is 0.407 e. The molecule has 1 aliphatic heterocycles. The molecule has 2 bridgehead atoms. The largest absolute Gasteiger partial charge is 0.494 e. The molecule has 0 saturated heterocycles. The van der Waals surface area contributed by atoms with Crippen LogP contribution >= 0.6 is 0 Å². The summed E-state index contributed by atoms with van der Waals surface area (Å²) in [5.74, 6) is -0.0853. The van der Waals surface area contributed by atoms with Crippen molar-refractivity contribution in [3.05, 3.63) is 78.4 Å². The molecule has 2 aromatic heterocycles. The first-order valence-electron chi connectivity index (χ1n) is 19.5. The highest BCUT2D eigenvalue weighted by Crippen LogP contribution is 2.34. The lowest BCUT2D eigenvalue weighted by Gasteiger charge is -2.22. The van der Waals surface area contributed by atoms with Gasteiger partial charge in [-0.15, -0.1) is 0 Å². The first-order chi connectivity index (χ1) is 28.9. The minimum atomic E-state index is -0.812. The molecule has 6 amide bonds. The Bertz CT molecular complexity index is 2130. The number of fused-ring (bicyclic) bond motifs is 5. The van der Waals surface area contributed by atoms with Gasteiger partial charge in [-0.25, -0.2) is 19.6 Å². The number of nitrogens with one attached hydrogen (secondary N) is 5. The number of nitrogens with zero attached hydrogens (tertiary/aromatic N) is 4. The molecule has 1 aliphatic rings. The summed E-state index contributed by atoms with van der Waals surface area (Å²) < 4.78 is 17.5. The number of nitrogens with two attached hydrogens (primary N) is 2. The van der Waals surface area contributed by atoms with Crippen molar-refractivity contribution in [2.45, 2.75) is 52.2 Å². The van der Waals surface area contributed by atoms with E-state index >= 15 is 0 Å². The predicted octanol–water partition coefficient (Wildman–Crippen LogP) is 3.81. The number of amides is 6. The van der Waals surface area contributed by atoms with E-state index in [1.54, 1.807) is 60.9 Å². The first-order valence-corrected chi connectivity index (χ1v) is 19.5. The third kappa shape index (κ3) is 13.2. The molecule has 19 heteroatoms. The van der Waals surface area contributed by atoms with E-state index in [4.69, 9.17) is 25.7 Å². The number of carbonyl (C=O) groups is 5. The van der Waals surface area contributed by atoms with E-state index in [9.17, 15) is 24.0 Å². The fraction of sp³-hybridized carbons (Fsp3) is 0.366. The second-order valence-corrected chi connectivity index (χ2v) is 14.3. The normalized spacial score (nSPS) is 12.7. The average Bonchev–Trinajstić information content (AvgIpc) is 3.22. The van der Waals surface area contributed by atoms with E-state index < -0.39 is 30.0 Å². The van der Waals surface area contributed by atoms with Crippen molar-refractivity contribution in [3.8, 4) is 22.8 Å². The van der Waals surface area contributed by atoms with E-state index in [0.29, 0.717) is 72.1 Å². The van der Waals surface area contributed by atoms with Crippen molar-refractivity contribution in [1.82, 2.24) is 30.9 Å². The van der Waals surface area contributed by atoms with Crippen LogP contribution in [0, 0.1) is 5.92 Å². The lowest BCUT2D eigenvalue weighted by Crippen LogP contribution is -2.44. The van der Waals surface area contributed by atoms with Gasteiger partial charge in [0.1, 0.15) is 30.8 Å². The van der Waals surface area contributed by atoms with Crippen molar-refractivity contribution in [3.63, 3.8) is 0 Å². The number of hydrogen-bond donors (Lipinski definition) is 7. The molecule has 318 valence electrons. The van der Waals surface area contributed by atoms with Crippen LogP contribution in [0.4, 0.5) is 32.5 Å². The zero-order valence-electron chi connectivity index (χ0n) is 33.8. The highest BCUT2D eigenvalue weighted by molar-refractivity contribution is 6.07. The quantitative estimate of drug-likeness (QED) is 0.0794. The number of benzene rings is 2. The van der Waals surface area contributed by atoms with Crippen LogP contribution in [0.1, 0.15) is 55.6 Å². The van der Waals surface area contributed by atoms with Gasteiger partial charge in [0, 0.05) is 44.0 Å². The Kier molecular flexibility index (Phi) is 15.8. The molecule has 0 radical (unpaired) electrons. The summed E-state index contributed by atoms with van der Waals surface area (Å²) in [6.07, 6.45) is 5.50. The van der Waals surface area contributed by atoms with Crippen LogP contribution in [0.15, 0.2) is 67.1 Å². The molecule has 0 unspecified atom stereocenters. The standard InChI is InChI=1S/C41H51N11O8/c1-25(2)20-35(53)49-30(6-4-14-45-40(43)56)38(54)48-27-9-7-26(8-10-27)24-60-41(57)46-15-5-18-58-28-11-12-34-29(21-28)31-23-47-37(42)36(50-31)39(55)51-32-22-44-16-13-33(32)52(3)17-19-59-34/h7-13,16,21-23,25,30H,4-6,14-15,17-20,24H2,1-3H3,(H2,42,47)(H,46,57)(H,48,54)(H,49,53)(H,51,55)(H3,43,45,56)/t30-/m0/s1. The SMILES string of the molecule is CC(C)CC(=O)N[C@@H](CCCNC(N)=O)C(=O)Nc1ccc(COC(=O)NCCCOc2ccc3c(c2)-c2cnc(N)c(n2)C(=O)Nc2cnccc2N(C)CCO3)cc1. The van der Waals surface area contributed by atoms with Crippen LogP contribution in [-0.2, 0) is 20.9 Å². The minimum absolute atomic E-state index is 0.00760. The molecular weight excluding hydrogens is 775 g/mol. The Morgan fingerprint density at radius 2 is 1.80 bits per heavy atom. The molecule has 0 spiro atoms. The zero-order valence-corrected chi connectivity index (χ0v) is 33.8. The number of pyridine rings is 1. The van der Waals surface area contributed by atoms with E-state index in [1.165, 1.54) is 6.20 Å². The Balaban J connectivity index is 1.09. The number of urea groups is 1. The Morgan fingerprint density at radius 3 is 2.57 bits per heavy atom. The molecule has 19 nitrogen and oxygen atoms in total. The predicted molar refractivity (Wildman–Crippen MR) is 224 cm³/mol. The molecule has 4 aromatic rings. The van der Waals surface area contributed by atoms with Gasteiger partial charge in [-0.1, -0.05) is 26.0 Å². The Hall–Kier alpha value is -7.18. The van der Waals surface area contributed by atoms with E-state index in [-0.39, 0.29) is 56.1 Å². The number of rotatable bonds is 16. The van der Waals surface area contributed by atoms with E-state index in [1.807, 2.05) is 25.8 Å². The fourth-order valence-corrected chi connectivity index (χ4v) is 6.01. The first kappa shape index (κ1) is 43.9. The third-order valence-electron chi connectivity index (χ3n) is 9.05. The summed E-state index contributed by atoms with van der Waals surface area (Å²) in [6, 6.07) is 12.3. The summed E-state index contributed by atoms with van der Waals surface area (Å²) in [6.45, 7) is 5.44. The maximum absolute atomic E-state index is 13.3. The number of anilines is 4. The van der Waals surface area contributed by atoms with Gasteiger partial charge in [0.2, 0.25) is 11.8 Å². The van der Waals surface area contributed by atoms with Gasteiger partial charge in [-0.2, -0.15) is 0 Å². The molecule has 3 heterocycles. The van der Waals surface area contributed by atoms with Gasteiger partial charge in [-0.3, -0.25) is 19.4 Å². The Labute approximate surface area is 347 Å². The second-order valence-electron chi connectivity index (χ2n) is 14.3. The molecule has 0 saturated carbocycles. The van der Waals surface area contributed by atoms with Gasteiger partial charge in [-0.05, 0) is 67.1 Å². The molecule has 60 heavy (non-hydrogen) atoms. The molecule has 2 aromatic carbocycles. The van der Waals surface area contributed by atoms with Crippen molar-refractivity contribution in [2.24, 2.45) is 11.7 Å². The maximum Gasteiger partial charge on any atom is 0.407 e. The second kappa shape index (κ2) is 21.5. The lowest BCUT2D eigenvalue weighted by atomic mass is 10.1. The molecule has 9 N–H and O–H groups in total. The van der Waals surface area contributed by atoms with Crippen LogP contribution in [0.2, 0.25) is 0 Å². The summed E-state index contributed by atoms with van der Waals surface area (Å²) >= 11 is 0. The van der Waals surface area contributed by atoms with Crippen molar-refractivity contribution in [1.29, 1.82) is 0 Å². The van der Waals surface area contributed by atoms with Crippen molar-refractivity contribution >= 4 is 52.7 Å². The van der Waals surface area contributed by atoms with Crippen molar-refractivity contribution < 1.29 is 38.2 Å². The third-order valence-corrected chi connectivity index (χ3v) is 9.05. The number of ether oxygens (including phenoxy) is 3. The number of nitrogen functional groups attached to an aromatic ring is 1. The van der Waals surface area contributed by atoms with Crippen LogP contribution < -0.4 is 52.4 Å². The number of likely N-dealkylation sites (N-methyl/N-ethyl adjacent to an activating group) is 1. The molecule has 0 aliphatic carbocycles. The number of aromatic nitrogens is 3. The maximum atomic E-state index is 13.3. The fourth-order valence-electron chi connectivity index (χ4n) is 6.01. The van der Waals surface area contributed by atoms with Crippen LogP contribution in [-0.4, -0.2) is 90.7 Å². The lowest BCUT2D eigenvalue weighted by molar-refractivity contribution is -0.127. The summed E-state index contributed by atoms with van der Waals surface area (Å²) in [7, 11) is 1.88. The number of hydrogen-bond acceptors (Lipinski definition) is 13. The number of alkyl carbamates (subject to hydrolysis) is 1. The van der Waals surface area contributed by atoms with Gasteiger partial charge in [0.05, 0.1) is 42.6 Å². The van der Waals surface area contributed by atoms with E-state index in [2.05, 4.69) is 41.5 Å². The summed E-state index contributed by atoms with van der Waals surface area (Å²) in [5, 5.41) is 13.6. The van der Waals surface area contributed by atoms with Crippen LogP contribution in [0.5, 0.6) is 11.5 Å². The minimum Gasteiger partial charge on any atom is -0.494 e. The van der Waals surface area contributed by atoms with Crippen LogP contribution in [0.25, 0.3) is 11.3 Å². The topological polar surface area (TPSA) is 267 Å². The molecular formula is C41H51N11O8. The number of carbonyl (C=O) groups excluding carboxylic acids is 5. The van der Waals surface area contributed by atoms with Crippen molar-refractivity contribution in [2.75, 3.05) is 61.2 Å². The average molecular weight is 826 g/mol. The highest BCUT2D eigenvalue weighted by Gasteiger charge is 2.23. The van der Waals surface area contributed by atoms with Gasteiger partial charge in [0.25, 0.3) is 5.91 Å². The monoisotopic (exact) mass is 825 g/mol.